The molecule has 0 aliphatic carbocycles. The van der Waals surface area contributed by atoms with Gasteiger partial charge in [0, 0.05) is 6.42 Å². The lowest BCUT2D eigenvalue weighted by atomic mass is 9.99. The molecule has 70 valence electrons. The average molecular weight is 168 g/mol. The standard InChI is InChI=1S/C11H20O/c1-9(2)11(4)6-5-10(3)7-8-12/h6,8-10H,5,7H2,1-4H3. The van der Waals surface area contributed by atoms with E-state index in [4.69, 9.17) is 0 Å². The Hall–Kier alpha value is -0.590. The number of hydrogen-bond donors (Lipinski definition) is 0. The van der Waals surface area contributed by atoms with Crippen LogP contribution in [-0.4, -0.2) is 6.29 Å². The highest BCUT2D eigenvalue weighted by Gasteiger charge is 2.00. The molecule has 0 N–H and O–H groups in total. The number of aldehydes is 1. The van der Waals surface area contributed by atoms with Crippen LogP contribution in [0.4, 0.5) is 0 Å². The summed E-state index contributed by atoms with van der Waals surface area (Å²) in [7, 11) is 0. The molecule has 0 aromatic heterocycles. The Labute approximate surface area is 75.9 Å². The first-order chi connectivity index (χ1) is 5.57. The van der Waals surface area contributed by atoms with Crippen molar-refractivity contribution in [3.63, 3.8) is 0 Å². The van der Waals surface area contributed by atoms with E-state index in [1.165, 1.54) is 5.57 Å². The van der Waals surface area contributed by atoms with Crippen molar-refractivity contribution < 1.29 is 4.79 Å². The molecule has 0 heterocycles. The van der Waals surface area contributed by atoms with Crippen LogP contribution in [-0.2, 0) is 4.79 Å². The van der Waals surface area contributed by atoms with Crippen molar-refractivity contribution in [3.05, 3.63) is 11.6 Å². The Balaban J connectivity index is 3.78. The number of allylic oxidation sites excluding steroid dienone is 2. The maximum absolute atomic E-state index is 10.2. The van der Waals surface area contributed by atoms with Crippen molar-refractivity contribution >= 4 is 6.29 Å². The van der Waals surface area contributed by atoms with E-state index in [1.54, 1.807) is 0 Å². The second-order valence-corrected chi connectivity index (χ2v) is 3.85. The first-order valence-corrected chi connectivity index (χ1v) is 4.68. The van der Waals surface area contributed by atoms with Crippen molar-refractivity contribution in [2.24, 2.45) is 11.8 Å². The normalized spacial score (nSPS) is 14.9. The van der Waals surface area contributed by atoms with Gasteiger partial charge in [0.2, 0.25) is 0 Å². The third-order valence-electron chi connectivity index (χ3n) is 2.25. The second-order valence-electron chi connectivity index (χ2n) is 3.85. The van der Waals surface area contributed by atoms with Crippen LogP contribution in [0.15, 0.2) is 11.6 Å². The summed E-state index contributed by atoms with van der Waals surface area (Å²) < 4.78 is 0. The molecule has 0 spiro atoms. The molecule has 0 saturated carbocycles. The molecule has 0 rings (SSSR count). The smallest absolute Gasteiger partial charge is 0.120 e. The van der Waals surface area contributed by atoms with Crippen molar-refractivity contribution in [2.45, 2.75) is 40.5 Å². The zero-order valence-corrected chi connectivity index (χ0v) is 8.63. The summed E-state index contributed by atoms with van der Waals surface area (Å²) in [5, 5.41) is 0. The van der Waals surface area contributed by atoms with Gasteiger partial charge in [-0.1, -0.05) is 32.4 Å². The quantitative estimate of drug-likeness (QED) is 0.455. The maximum Gasteiger partial charge on any atom is 0.120 e. The minimum atomic E-state index is 0.496. The van der Waals surface area contributed by atoms with E-state index >= 15 is 0 Å². The number of carbonyl (C=O) groups excluding carboxylic acids is 1. The van der Waals surface area contributed by atoms with Gasteiger partial charge in [-0.05, 0) is 25.2 Å². The third kappa shape index (κ3) is 5.11. The van der Waals surface area contributed by atoms with Gasteiger partial charge in [-0.2, -0.15) is 0 Å². The third-order valence-corrected chi connectivity index (χ3v) is 2.25. The molecule has 0 aromatic carbocycles. The summed E-state index contributed by atoms with van der Waals surface area (Å²) in [5.74, 6) is 1.13. The molecule has 1 unspecified atom stereocenters. The van der Waals surface area contributed by atoms with Crippen LogP contribution in [0, 0.1) is 11.8 Å². The first kappa shape index (κ1) is 11.4. The summed E-state index contributed by atoms with van der Waals surface area (Å²) in [6.07, 6.45) is 4.96. The second kappa shape index (κ2) is 5.99. The van der Waals surface area contributed by atoms with Crippen LogP contribution in [0.1, 0.15) is 40.5 Å². The van der Waals surface area contributed by atoms with Crippen LogP contribution in [0.3, 0.4) is 0 Å². The van der Waals surface area contributed by atoms with Crippen LogP contribution >= 0.6 is 0 Å². The summed E-state index contributed by atoms with van der Waals surface area (Å²) in [4.78, 5) is 10.2. The SMILES string of the molecule is CC(=CCC(C)CC=O)C(C)C. The molecule has 0 aromatic rings. The first-order valence-electron chi connectivity index (χ1n) is 4.68. The van der Waals surface area contributed by atoms with Gasteiger partial charge in [0.05, 0.1) is 0 Å². The molecule has 1 heteroatoms. The van der Waals surface area contributed by atoms with E-state index in [0.29, 0.717) is 18.3 Å². The molecule has 0 radical (unpaired) electrons. The Bertz CT molecular complexity index is 156. The molecule has 0 saturated heterocycles. The number of rotatable bonds is 5. The van der Waals surface area contributed by atoms with Gasteiger partial charge in [0.25, 0.3) is 0 Å². The van der Waals surface area contributed by atoms with E-state index in [0.717, 1.165) is 12.7 Å². The largest absolute Gasteiger partial charge is 0.303 e. The fourth-order valence-electron chi connectivity index (χ4n) is 0.883. The predicted molar refractivity (Wildman–Crippen MR) is 53.1 cm³/mol. The highest BCUT2D eigenvalue weighted by molar-refractivity contribution is 5.49. The van der Waals surface area contributed by atoms with Crippen molar-refractivity contribution in [1.29, 1.82) is 0 Å². The van der Waals surface area contributed by atoms with Gasteiger partial charge >= 0.3 is 0 Å². The number of carbonyl (C=O) groups is 1. The minimum absolute atomic E-state index is 0.496. The van der Waals surface area contributed by atoms with Crippen molar-refractivity contribution in [2.75, 3.05) is 0 Å². The van der Waals surface area contributed by atoms with Crippen molar-refractivity contribution in [3.8, 4) is 0 Å². The molecule has 0 amide bonds. The molecule has 12 heavy (non-hydrogen) atoms. The summed E-state index contributed by atoms with van der Waals surface area (Å²) in [6, 6.07) is 0. The van der Waals surface area contributed by atoms with Crippen molar-refractivity contribution in [1.82, 2.24) is 0 Å². The lowest BCUT2D eigenvalue weighted by Gasteiger charge is -2.07. The maximum atomic E-state index is 10.2. The lowest BCUT2D eigenvalue weighted by Crippen LogP contribution is -1.95. The Morgan fingerprint density at radius 1 is 1.25 bits per heavy atom. The summed E-state index contributed by atoms with van der Waals surface area (Å²) in [5.41, 5.74) is 1.42. The summed E-state index contributed by atoms with van der Waals surface area (Å²) >= 11 is 0. The fourth-order valence-corrected chi connectivity index (χ4v) is 0.883. The van der Waals surface area contributed by atoms with Gasteiger partial charge in [0.1, 0.15) is 6.29 Å². The van der Waals surface area contributed by atoms with E-state index < -0.39 is 0 Å². The monoisotopic (exact) mass is 168 g/mol. The summed E-state index contributed by atoms with van der Waals surface area (Å²) in [6.45, 7) is 8.64. The zero-order valence-electron chi connectivity index (χ0n) is 8.63. The molecule has 1 nitrogen and oxygen atoms in total. The van der Waals surface area contributed by atoms with Crippen LogP contribution in [0.5, 0.6) is 0 Å². The Kier molecular flexibility index (Phi) is 5.69. The highest BCUT2D eigenvalue weighted by atomic mass is 16.1. The average Bonchev–Trinajstić information content (AvgIpc) is 2.00. The van der Waals surface area contributed by atoms with Crippen LogP contribution < -0.4 is 0 Å². The van der Waals surface area contributed by atoms with E-state index in [9.17, 15) is 4.79 Å². The molecule has 1 atom stereocenters. The van der Waals surface area contributed by atoms with E-state index in [-0.39, 0.29) is 0 Å². The van der Waals surface area contributed by atoms with E-state index in [1.807, 2.05) is 0 Å². The molecular formula is C11H20O. The molecule has 0 bridgehead atoms. The van der Waals surface area contributed by atoms with E-state index in [2.05, 4.69) is 33.8 Å². The predicted octanol–water partition coefficient (Wildman–Crippen LogP) is 3.20. The molecule has 0 aliphatic heterocycles. The lowest BCUT2D eigenvalue weighted by molar-refractivity contribution is -0.108. The van der Waals surface area contributed by atoms with Gasteiger partial charge in [-0.25, -0.2) is 0 Å². The van der Waals surface area contributed by atoms with Gasteiger partial charge < -0.3 is 4.79 Å². The fraction of sp³-hybridized carbons (Fsp3) is 0.727. The Morgan fingerprint density at radius 2 is 1.83 bits per heavy atom. The van der Waals surface area contributed by atoms with Gasteiger partial charge in [-0.3, -0.25) is 0 Å². The van der Waals surface area contributed by atoms with Crippen LogP contribution in [0.25, 0.3) is 0 Å². The number of hydrogen-bond acceptors (Lipinski definition) is 1. The van der Waals surface area contributed by atoms with Crippen LogP contribution in [0.2, 0.25) is 0 Å². The molecular weight excluding hydrogens is 148 g/mol. The highest BCUT2D eigenvalue weighted by Crippen LogP contribution is 2.13. The minimum Gasteiger partial charge on any atom is -0.303 e. The molecule has 0 aliphatic rings. The van der Waals surface area contributed by atoms with Gasteiger partial charge in [-0.15, -0.1) is 0 Å². The topological polar surface area (TPSA) is 17.1 Å². The Morgan fingerprint density at radius 3 is 2.25 bits per heavy atom. The zero-order chi connectivity index (χ0) is 9.56. The van der Waals surface area contributed by atoms with Gasteiger partial charge in [0.15, 0.2) is 0 Å². The molecule has 0 fully saturated rings.